The van der Waals surface area contributed by atoms with E-state index in [0.29, 0.717) is 21.9 Å². The van der Waals surface area contributed by atoms with Crippen LogP contribution >= 0.6 is 15.9 Å². The van der Waals surface area contributed by atoms with Crippen molar-refractivity contribution in [3.63, 3.8) is 0 Å². The highest BCUT2D eigenvalue weighted by molar-refractivity contribution is 9.10. The lowest BCUT2D eigenvalue weighted by Crippen LogP contribution is -2.40. The van der Waals surface area contributed by atoms with E-state index in [9.17, 15) is 14.7 Å². The number of benzene rings is 1. The van der Waals surface area contributed by atoms with Gasteiger partial charge in [0.1, 0.15) is 0 Å². The first-order valence-electron chi connectivity index (χ1n) is 8.68. The number of imide groups is 1. The van der Waals surface area contributed by atoms with E-state index in [1.54, 1.807) is 12.1 Å². The van der Waals surface area contributed by atoms with E-state index >= 15 is 0 Å². The SMILES string of the molecule is COc1cc(C=NN2C(=O)[C@@H]3[C@H]4C=C[C@@H]([C@@H]5C[C@H]45)[C@@H]3C2=O)cc(Br)c1O. The molecule has 7 heteroatoms. The third-order valence-corrected chi connectivity index (χ3v) is 6.84. The Hall–Kier alpha value is -2.15. The molecule has 134 valence electrons. The number of allylic oxidation sites excluding steroid dienone is 2. The summed E-state index contributed by atoms with van der Waals surface area (Å²) in [5.41, 5.74) is 0.617. The molecule has 26 heavy (non-hydrogen) atoms. The number of aromatic hydroxyl groups is 1. The summed E-state index contributed by atoms with van der Waals surface area (Å²) < 4.78 is 5.57. The zero-order valence-electron chi connectivity index (χ0n) is 14.0. The first kappa shape index (κ1) is 16.1. The molecule has 5 aliphatic rings. The maximum absolute atomic E-state index is 12.9. The molecule has 3 fully saturated rings. The van der Waals surface area contributed by atoms with E-state index in [4.69, 9.17) is 4.74 Å². The number of halogens is 1. The molecule has 6 atom stereocenters. The Morgan fingerprint density at radius 1 is 1.19 bits per heavy atom. The zero-order chi connectivity index (χ0) is 18.2. The molecule has 1 aromatic carbocycles. The number of ether oxygens (including phenoxy) is 1. The van der Waals surface area contributed by atoms with Crippen LogP contribution in [0, 0.1) is 35.5 Å². The molecule has 1 N–H and O–H groups in total. The van der Waals surface area contributed by atoms with Gasteiger partial charge in [-0.1, -0.05) is 12.2 Å². The summed E-state index contributed by atoms with van der Waals surface area (Å²) >= 11 is 3.25. The number of phenols is 1. The molecule has 2 bridgehead atoms. The highest BCUT2D eigenvalue weighted by atomic mass is 79.9. The quantitative estimate of drug-likeness (QED) is 0.466. The van der Waals surface area contributed by atoms with Crippen molar-refractivity contribution in [2.45, 2.75) is 6.42 Å². The molecule has 1 heterocycles. The Morgan fingerprint density at radius 2 is 1.81 bits per heavy atom. The standard InChI is InChI=1S/C19H17BrN2O4/c1-26-14-5-8(4-13(20)17(14)23)7-21-22-18(24)15-9-2-3-10(12-6-11(9)12)16(15)19(22)25/h2-5,7,9-12,15-16,23H,6H2,1H3/t9-,10-,11-,12+,15-,16+/m0/s1. The minimum atomic E-state index is -0.250. The van der Waals surface area contributed by atoms with Gasteiger partial charge in [-0.3, -0.25) is 9.59 Å². The Morgan fingerprint density at radius 3 is 2.38 bits per heavy atom. The fourth-order valence-electron chi connectivity index (χ4n) is 5.00. The second kappa shape index (κ2) is 5.42. The monoisotopic (exact) mass is 416 g/mol. The molecule has 1 aliphatic heterocycles. The molecule has 1 aromatic rings. The van der Waals surface area contributed by atoms with Crippen molar-refractivity contribution < 1.29 is 19.4 Å². The average Bonchev–Trinajstić information content (AvgIpc) is 3.41. The average molecular weight is 417 g/mol. The first-order chi connectivity index (χ1) is 12.5. The number of methoxy groups -OCH3 is 1. The van der Waals surface area contributed by atoms with Gasteiger partial charge >= 0.3 is 0 Å². The predicted molar refractivity (Wildman–Crippen MR) is 96.5 cm³/mol. The molecule has 4 aliphatic carbocycles. The van der Waals surface area contributed by atoms with E-state index in [2.05, 4.69) is 33.2 Å². The molecular weight excluding hydrogens is 400 g/mol. The molecule has 0 spiro atoms. The summed E-state index contributed by atoms with van der Waals surface area (Å²) in [5.74, 6) is 0.926. The fourth-order valence-corrected chi connectivity index (χ4v) is 5.46. The molecule has 6 rings (SSSR count). The van der Waals surface area contributed by atoms with Crippen LogP contribution in [0.5, 0.6) is 11.5 Å². The number of hydrazone groups is 1. The minimum Gasteiger partial charge on any atom is -0.503 e. The van der Waals surface area contributed by atoms with E-state index in [1.165, 1.54) is 13.3 Å². The van der Waals surface area contributed by atoms with Gasteiger partial charge in [0.05, 0.1) is 29.6 Å². The Balaban J connectivity index is 1.44. The molecule has 0 unspecified atom stereocenters. The second-order valence-electron chi connectivity index (χ2n) is 7.44. The number of amides is 2. The number of carbonyl (C=O) groups excluding carboxylic acids is 2. The van der Waals surface area contributed by atoms with Crippen LogP contribution in [0.3, 0.4) is 0 Å². The van der Waals surface area contributed by atoms with Crippen LogP contribution in [0.1, 0.15) is 12.0 Å². The van der Waals surface area contributed by atoms with Crippen molar-refractivity contribution in [2.24, 2.45) is 40.6 Å². The van der Waals surface area contributed by atoms with Gasteiger partial charge < -0.3 is 9.84 Å². The topological polar surface area (TPSA) is 79.2 Å². The van der Waals surface area contributed by atoms with Gasteiger partial charge in [-0.2, -0.15) is 10.1 Å². The van der Waals surface area contributed by atoms with Crippen LogP contribution in [0.25, 0.3) is 0 Å². The normalized spacial score (nSPS) is 36.6. The molecule has 0 radical (unpaired) electrons. The summed E-state index contributed by atoms with van der Waals surface area (Å²) in [4.78, 5) is 25.7. The first-order valence-corrected chi connectivity index (χ1v) is 9.47. The van der Waals surface area contributed by atoms with E-state index in [-0.39, 0.29) is 47.0 Å². The van der Waals surface area contributed by atoms with Gasteiger partial charge in [0.15, 0.2) is 11.5 Å². The van der Waals surface area contributed by atoms with Crippen LogP contribution < -0.4 is 4.74 Å². The van der Waals surface area contributed by atoms with Crippen LogP contribution in [0.2, 0.25) is 0 Å². The van der Waals surface area contributed by atoms with Crippen molar-refractivity contribution in [1.29, 1.82) is 0 Å². The number of carbonyl (C=O) groups is 2. The van der Waals surface area contributed by atoms with Crippen molar-refractivity contribution >= 4 is 34.0 Å². The maximum Gasteiger partial charge on any atom is 0.254 e. The highest BCUT2D eigenvalue weighted by Gasteiger charge is 2.67. The van der Waals surface area contributed by atoms with Crippen molar-refractivity contribution in [2.75, 3.05) is 7.11 Å². The van der Waals surface area contributed by atoms with Crippen molar-refractivity contribution in [3.05, 3.63) is 34.3 Å². The summed E-state index contributed by atoms with van der Waals surface area (Å²) in [6.45, 7) is 0. The third kappa shape index (κ3) is 2.06. The Bertz CT molecular complexity index is 860. The molecule has 0 aromatic heterocycles. The van der Waals surface area contributed by atoms with Gasteiger partial charge in [-0.15, -0.1) is 0 Å². The number of phenolic OH excluding ortho intramolecular Hbond substituents is 1. The largest absolute Gasteiger partial charge is 0.503 e. The van der Waals surface area contributed by atoms with Crippen LogP contribution in [0.15, 0.2) is 33.9 Å². The number of hydrogen-bond donors (Lipinski definition) is 1. The number of hydrogen-bond acceptors (Lipinski definition) is 5. The molecule has 1 saturated heterocycles. The Labute approximate surface area is 158 Å². The van der Waals surface area contributed by atoms with Gasteiger partial charge in [0.25, 0.3) is 11.8 Å². The van der Waals surface area contributed by atoms with Crippen LogP contribution in [-0.4, -0.2) is 35.3 Å². The Kier molecular flexibility index (Phi) is 3.35. The second-order valence-corrected chi connectivity index (χ2v) is 8.30. The van der Waals surface area contributed by atoms with Crippen molar-refractivity contribution in [1.82, 2.24) is 5.01 Å². The summed E-state index contributed by atoms with van der Waals surface area (Å²) in [6, 6.07) is 3.25. The number of rotatable bonds is 3. The van der Waals surface area contributed by atoms with Crippen molar-refractivity contribution in [3.8, 4) is 11.5 Å². The summed E-state index contributed by atoms with van der Waals surface area (Å²) in [5, 5.41) is 15.1. The number of nitrogens with zero attached hydrogens (tertiary/aromatic N) is 2. The molecule has 2 saturated carbocycles. The summed E-state index contributed by atoms with van der Waals surface area (Å²) in [7, 11) is 1.45. The van der Waals surface area contributed by atoms with Gasteiger partial charge in [-0.25, -0.2) is 0 Å². The van der Waals surface area contributed by atoms with Gasteiger partial charge in [0.2, 0.25) is 0 Å². The molecule has 2 amide bonds. The van der Waals surface area contributed by atoms with Gasteiger partial charge in [-0.05, 0) is 63.7 Å². The van der Waals surface area contributed by atoms with E-state index in [1.807, 2.05) is 0 Å². The van der Waals surface area contributed by atoms with Gasteiger partial charge in [0, 0.05) is 0 Å². The maximum atomic E-state index is 12.9. The summed E-state index contributed by atoms with van der Waals surface area (Å²) in [6.07, 6.45) is 6.87. The lowest BCUT2D eigenvalue weighted by atomic mass is 9.63. The lowest BCUT2D eigenvalue weighted by Gasteiger charge is -2.37. The van der Waals surface area contributed by atoms with Crippen LogP contribution in [0.4, 0.5) is 0 Å². The third-order valence-electron chi connectivity index (χ3n) is 6.23. The van der Waals surface area contributed by atoms with E-state index < -0.39 is 0 Å². The smallest absolute Gasteiger partial charge is 0.254 e. The molecule has 6 nitrogen and oxygen atoms in total. The highest BCUT2D eigenvalue weighted by Crippen LogP contribution is 2.65. The van der Waals surface area contributed by atoms with E-state index in [0.717, 1.165) is 11.4 Å². The zero-order valence-corrected chi connectivity index (χ0v) is 15.6. The fraction of sp³-hybridized carbons (Fsp3) is 0.421. The van der Waals surface area contributed by atoms with Crippen LogP contribution in [-0.2, 0) is 9.59 Å². The lowest BCUT2D eigenvalue weighted by molar-refractivity contribution is -0.140. The minimum absolute atomic E-state index is 0.00845. The molecular formula is C19H17BrN2O4. The predicted octanol–water partition coefficient (Wildman–Crippen LogP) is 2.55.